The molecule has 0 radical (unpaired) electrons. The van der Waals surface area contributed by atoms with E-state index in [9.17, 15) is 18.4 Å². The molecule has 0 aliphatic heterocycles. The summed E-state index contributed by atoms with van der Waals surface area (Å²) in [6.45, 7) is 1.39. The molecular formula is C19H15F2N5O2. The van der Waals surface area contributed by atoms with Gasteiger partial charge < -0.3 is 16.0 Å². The van der Waals surface area contributed by atoms with Gasteiger partial charge in [0.1, 0.15) is 23.0 Å². The van der Waals surface area contributed by atoms with Crippen molar-refractivity contribution in [3.63, 3.8) is 0 Å². The number of halogens is 2. The molecule has 3 rings (SSSR count). The van der Waals surface area contributed by atoms with Gasteiger partial charge in [-0.2, -0.15) is 0 Å². The zero-order valence-electron chi connectivity index (χ0n) is 14.7. The maximum Gasteiger partial charge on any atom is 0.274 e. The van der Waals surface area contributed by atoms with E-state index >= 15 is 0 Å². The predicted molar refractivity (Wildman–Crippen MR) is 100 cm³/mol. The lowest BCUT2D eigenvalue weighted by Gasteiger charge is -2.09. The topological polar surface area (TPSA) is 96.0 Å². The van der Waals surface area contributed by atoms with Crippen LogP contribution in [0.2, 0.25) is 0 Å². The first-order chi connectivity index (χ1) is 13.4. The fourth-order valence-electron chi connectivity index (χ4n) is 2.35. The molecular weight excluding hydrogens is 368 g/mol. The van der Waals surface area contributed by atoms with Crippen molar-refractivity contribution in [3.05, 3.63) is 72.1 Å². The zero-order valence-corrected chi connectivity index (χ0v) is 14.7. The standard InChI is InChI=1S/C19H15F2N5O2/c1-11(27)23-12-4-2-5-13(10-12)24-19-22-9-8-16(25-19)18(28)26-17-14(20)6-3-7-15(17)21/h2-10H,1H3,(H,23,27)(H,26,28)(H,22,24,25). The quantitative estimate of drug-likeness (QED) is 0.624. The van der Waals surface area contributed by atoms with Gasteiger partial charge in [0.25, 0.3) is 5.91 Å². The molecule has 142 valence electrons. The van der Waals surface area contributed by atoms with Crippen LogP contribution in [0.1, 0.15) is 17.4 Å². The van der Waals surface area contributed by atoms with Crippen LogP contribution in [0, 0.1) is 11.6 Å². The number of anilines is 4. The maximum atomic E-state index is 13.7. The highest BCUT2D eigenvalue weighted by atomic mass is 19.1. The van der Waals surface area contributed by atoms with Crippen LogP contribution in [0.5, 0.6) is 0 Å². The molecule has 9 heteroatoms. The van der Waals surface area contributed by atoms with Crippen molar-refractivity contribution in [1.29, 1.82) is 0 Å². The summed E-state index contributed by atoms with van der Waals surface area (Å²) < 4.78 is 27.4. The van der Waals surface area contributed by atoms with Gasteiger partial charge in [0, 0.05) is 24.5 Å². The highest BCUT2D eigenvalue weighted by Crippen LogP contribution is 2.20. The number of rotatable bonds is 5. The average Bonchev–Trinajstić information content (AvgIpc) is 2.65. The highest BCUT2D eigenvalue weighted by molar-refractivity contribution is 6.03. The Morgan fingerprint density at radius 1 is 0.929 bits per heavy atom. The van der Waals surface area contributed by atoms with Crippen LogP contribution in [0.3, 0.4) is 0 Å². The van der Waals surface area contributed by atoms with Gasteiger partial charge in [-0.3, -0.25) is 9.59 Å². The van der Waals surface area contributed by atoms with E-state index in [0.717, 1.165) is 12.1 Å². The third-order valence-electron chi connectivity index (χ3n) is 3.53. The second-order valence-electron chi connectivity index (χ2n) is 5.70. The molecule has 3 N–H and O–H groups in total. The minimum absolute atomic E-state index is 0.0850. The Labute approximate surface area is 158 Å². The number of nitrogens with zero attached hydrogens (tertiary/aromatic N) is 2. The van der Waals surface area contributed by atoms with Crippen molar-refractivity contribution >= 4 is 34.8 Å². The van der Waals surface area contributed by atoms with Crippen LogP contribution in [0.4, 0.5) is 31.8 Å². The lowest BCUT2D eigenvalue weighted by atomic mass is 10.2. The minimum atomic E-state index is -0.893. The maximum absolute atomic E-state index is 13.7. The highest BCUT2D eigenvalue weighted by Gasteiger charge is 2.15. The molecule has 1 heterocycles. The van der Waals surface area contributed by atoms with E-state index in [0.29, 0.717) is 11.4 Å². The molecule has 0 aliphatic rings. The first-order valence-corrected chi connectivity index (χ1v) is 8.15. The largest absolute Gasteiger partial charge is 0.326 e. The van der Waals surface area contributed by atoms with Gasteiger partial charge in [0.2, 0.25) is 11.9 Å². The Morgan fingerprint density at radius 2 is 1.61 bits per heavy atom. The number of carbonyl (C=O) groups excluding carboxylic acids is 2. The lowest BCUT2D eigenvalue weighted by Crippen LogP contribution is -2.16. The van der Waals surface area contributed by atoms with Crippen LogP contribution >= 0.6 is 0 Å². The van der Waals surface area contributed by atoms with Gasteiger partial charge in [0.05, 0.1) is 0 Å². The Kier molecular flexibility index (Phi) is 5.54. The van der Waals surface area contributed by atoms with Gasteiger partial charge in [0.15, 0.2) is 0 Å². The predicted octanol–water partition coefficient (Wildman–Crippen LogP) is 3.71. The van der Waals surface area contributed by atoms with Gasteiger partial charge >= 0.3 is 0 Å². The third-order valence-corrected chi connectivity index (χ3v) is 3.53. The van der Waals surface area contributed by atoms with Crippen LogP contribution in [-0.2, 0) is 4.79 Å². The molecule has 0 spiro atoms. The van der Waals surface area contributed by atoms with Crippen LogP contribution in [0.25, 0.3) is 0 Å². The van der Waals surface area contributed by atoms with E-state index in [1.807, 2.05) is 0 Å². The summed E-state index contributed by atoms with van der Waals surface area (Å²) in [4.78, 5) is 31.5. The molecule has 2 aromatic carbocycles. The molecule has 0 unspecified atom stereocenters. The molecule has 0 bridgehead atoms. The summed E-state index contributed by atoms with van der Waals surface area (Å²) >= 11 is 0. The summed E-state index contributed by atoms with van der Waals surface area (Å²) in [5.74, 6) is -2.69. The number of nitrogens with one attached hydrogen (secondary N) is 3. The van der Waals surface area contributed by atoms with E-state index in [1.165, 1.54) is 25.3 Å². The fraction of sp³-hybridized carbons (Fsp3) is 0.0526. The third kappa shape index (κ3) is 4.64. The number of carbonyl (C=O) groups is 2. The molecule has 3 aromatic rings. The number of hydrogen-bond acceptors (Lipinski definition) is 5. The van der Waals surface area contributed by atoms with Gasteiger partial charge in [-0.05, 0) is 36.4 Å². The summed E-state index contributed by atoms with van der Waals surface area (Å²) in [6, 6.07) is 11.4. The molecule has 1 aromatic heterocycles. The molecule has 28 heavy (non-hydrogen) atoms. The summed E-state index contributed by atoms with van der Waals surface area (Å²) in [5.41, 5.74) is 0.507. The van der Waals surface area contributed by atoms with Crippen molar-refractivity contribution in [2.24, 2.45) is 0 Å². The molecule has 2 amide bonds. The Hall–Kier alpha value is -3.88. The normalized spacial score (nSPS) is 10.2. The van der Waals surface area contributed by atoms with E-state index in [1.54, 1.807) is 24.3 Å². The monoisotopic (exact) mass is 383 g/mol. The van der Waals surface area contributed by atoms with Crippen LogP contribution in [0.15, 0.2) is 54.7 Å². The van der Waals surface area contributed by atoms with Crippen molar-refractivity contribution < 1.29 is 18.4 Å². The van der Waals surface area contributed by atoms with Gasteiger partial charge in [-0.15, -0.1) is 0 Å². The van der Waals surface area contributed by atoms with E-state index < -0.39 is 23.2 Å². The number of hydrogen-bond donors (Lipinski definition) is 3. The van der Waals surface area contributed by atoms with Crippen LogP contribution in [-0.4, -0.2) is 21.8 Å². The SMILES string of the molecule is CC(=O)Nc1cccc(Nc2nccc(C(=O)Nc3c(F)cccc3F)n2)c1. The van der Waals surface area contributed by atoms with Crippen molar-refractivity contribution in [1.82, 2.24) is 9.97 Å². The Bertz CT molecular complexity index is 1020. The van der Waals surface area contributed by atoms with Crippen molar-refractivity contribution in [3.8, 4) is 0 Å². The molecule has 0 saturated carbocycles. The van der Waals surface area contributed by atoms with Gasteiger partial charge in [-0.25, -0.2) is 18.7 Å². The second kappa shape index (κ2) is 8.21. The van der Waals surface area contributed by atoms with E-state index in [4.69, 9.17) is 0 Å². The van der Waals surface area contributed by atoms with E-state index in [-0.39, 0.29) is 17.5 Å². The summed E-state index contributed by atoms with van der Waals surface area (Å²) in [6.07, 6.45) is 1.33. The second-order valence-corrected chi connectivity index (χ2v) is 5.70. The summed E-state index contributed by atoms with van der Waals surface area (Å²) in [5, 5.41) is 7.70. The summed E-state index contributed by atoms with van der Waals surface area (Å²) in [7, 11) is 0. The lowest BCUT2D eigenvalue weighted by molar-refractivity contribution is -0.114. The van der Waals surface area contributed by atoms with Crippen molar-refractivity contribution in [2.75, 3.05) is 16.0 Å². The smallest absolute Gasteiger partial charge is 0.274 e. The Balaban J connectivity index is 1.77. The number of amides is 2. The van der Waals surface area contributed by atoms with Gasteiger partial charge in [-0.1, -0.05) is 12.1 Å². The molecule has 7 nitrogen and oxygen atoms in total. The molecule has 0 saturated heterocycles. The Morgan fingerprint density at radius 3 is 2.32 bits per heavy atom. The number of para-hydroxylation sites is 1. The minimum Gasteiger partial charge on any atom is -0.326 e. The van der Waals surface area contributed by atoms with Crippen molar-refractivity contribution in [2.45, 2.75) is 6.92 Å². The first-order valence-electron chi connectivity index (χ1n) is 8.15. The molecule has 0 fully saturated rings. The number of benzene rings is 2. The average molecular weight is 383 g/mol. The molecule has 0 atom stereocenters. The number of aromatic nitrogens is 2. The first kappa shape index (κ1) is 18.9. The van der Waals surface area contributed by atoms with E-state index in [2.05, 4.69) is 25.9 Å². The fourth-order valence-corrected chi connectivity index (χ4v) is 2.35. The van der Waals surface area contributed by atoms with Crippen LogP contribution < -0.4 is 16.0 Å². The molecule has 0 aliphatic carbocycles. The zero-order chi connectivity index (χ0) is 20.1.